The van der Waals surface area contributed by atoms with Crippen molar-refractivity contribution >= 4 is 45.6 Å². The molecule has 1 N–H and O–H groups in total. The summed E-state index contributed by atoms with van der Waals surface area (Å²) in [5.41, 5.74) is -1.39. The average Bonchev–Trinajstić information content (AvgIpc) is 2.09. The zero-order valence-electron chi connectivity index (χ0n) is 8.89. The van der Waals surface area contributed by atoms with Crippen LogP contribution >= 0.6 is 0 Å². The van der Waals surface area contributed by atoms with E-state index in [1.807, 2.05) is 6.92 Å². The second-order valence-corrected chi connectivity index (χ2v) is 4.83. The van der Waals surface area contributed by atoms with Crippen molar-refractivity contribution in [1.82, 2.24) is 0 Å². The van der Waals surface area contributed by atoms with Crippen LogP contribution in [0.5, 0.6) is 0 Å². The van der Waals surface area contributed by atoms with E-state index in [-0.39, 0.29) is 41.6 Å². The van der Waals surface area contributed by atoms with Crippen molar-refractivity contribution in [3.63, 3.8) is 0 Å². The number of unbranched alkanes of at least 4 members (excludes halogenated alkanes) is 1. The number of carbonyl (C=O) groups excluding carboxylic acids is 1. The summed E-state index contributed by atoms with van der Waals surface area (Å²) in [4.78, 5) is 11.1. The summed E-state index contributed by atoms with van der Waals surface area (Å²) in [7, 11) is -4.35. The third kappa shape index (κ3) is 7.40. The van der Waals surface area contributed by atoms with E-state index in [1.54, 1.807) is 0 Å². The molecule has 0 aliphatic carbocycles. The van der Waals surface area contributed by atoms with Crippen LogP contribution in [0.4, 0.5) is 0 Å². The van der Waals surface area contributed by atoms with E-state index < -0.39 is 21.5 Å². The van der Waals surface area contributed by atoms with Gasteiger partial charge in [0.05, 0.1) is 0 Å². The van der Waals surface area contributed by atoms with Gasteiger partial charge in [0.1, 0.15) is 0 Å². The van der Waals surface area contributed by atoms with Crippen molar-refractivity contribution in [2.45, 2.75) is 38.5 Å². The molecule has 0 rings (SSSR count). The summed E-state index contributed by atoms with van der Waals surface area (Å²) in [5.74, 6) is -0.811. The van der Waals surface area contributed by atoms with E-state index in [2.05, 4.69) is 11.3 Å². The second kappa shape index (κ2) is 8.25. The number of hydrogen-bond acceptors (Lipinski definition) is 4. The zero-order chi connectivity index (χ0) is 12.1. The Morgan fingerprint density at radius 3 is 2.31 bits per heavy atom. The predicted molar refractivity (Wildman–Crippen MR) is 62.9 cm³/mol. The van der Waals surface area contributed by atoms with Gasteiger partial charge in [-0.1, -0.05) is 19.9 Å². The summed E-state index contributed by atoms with van der Waals surface area (Å²) in [6, 6.07) is 0. The quantitative estimate of drug-likeness (QED) is 0.331. The summed E-state index contributed by atoms with van der Waals surface area (Å²) in [5, 5.41) is 0. The Labute approximate surface area is 118 Å². The van der Waals surface area contributed by atoms with E-state index in [0.29, 0.717) is 6.42 Å². The van der Waals surface area contributed by atoms with Gasteiger partial charge in [-0.15, -0.1) is 0 Å². The van der Waals surface area contributed by atoms with Gasteiger partial charge in [-0.05, 0) is 13.3 Å². The van der Waals surface area contributed by atoms with Gasteiger partial charge in [0.2, 0.25) is 5.44 Å². The minimum atomic E-state index is -4.35. The Morgan fingerprint density at radius 2 is 2.00 bits per heavy atom. The molecular formula is C9H17NaO5S. The van der Waals surface area contributed by atoms with Crippen LogP contribution in [0.3, 0.4) is 0 Å². The van der Waals surface area contributed by atoms with Crippen LogP contribution in [0.15, 0.2) is 12.2 Å². The Kier molecular flexibility index (Phi) is 9.53. The Bertz CT molecular complexity index is 336. The van der Waals surface area contributed by atoms with Gasteiger partial charge in [-0.25, -0.2) is 4.79 Å². The molecule has 0 aromatic rings. The van der Waals surface area contributed by atoms with Gasteiger partial charge in [-0.2, -0.15) is 8.42 Å². The van der Waals surface area contributed by atoms with Crippen LogP contribution in [0, 0.1) is 0 Å². The van der Waals surface area contributed by atoms with E-state index in [4.69, 9.17) is 4.55 Å². The molecule has 0 saturated carbocycles. The van der Waals surface area contributed by atoms with Crippen molar-refractivity contribution < 1.29 is 22.5 Å². The third-order valence-electron chi connectivity index (χ3n) is 1.71. The first-order chi connectivity index (χ1) is 6.79. The molecule has 0 aromatic heterocycles. The molecular weight excluding hydrogens is 243 g/mol. The number of carbonyl (C=O) groups is 1. The fourth-order valence-corrected chi connectivity index (χ4v) is 1.53. The molecule has 7 heteroatoms. The zero-order valence-corrected chi connectivity index (χ0v) is 9.71. The Balaban J connectivity index is 0. The van der Waals surface area contributed by atoms with Crippen molar-refractivity contribution in [2.24, 2.45) is 0 Å². The van der Waals surface area contributed by atoms with Crippen LogP contribution in [-0.4, -0.2) is 53.9 Å². The summed E-state index contributed by atoms with van der Waals surface area (Å²) >= 11 is 0. The summed E-state index contributed by atoms with van der Waals surface area (Å²) < 4.78 is 35.1. The number of hydrogen-bond donors (Lipinski definition) is 1. The van der Waals surface area contributed by atoms with Gasteiger partial charge in [0.25, 0.3) is 0 Å². The summed E-state index contributed by atoms with van der Waals surface area (Å²) in [6.45, 7) is 6.59. The number of rotatable bonds is 6. The van der Waals surface area contributed by atoms with E-state index in [9.17, 15) is 13.2 Å². The molecule has 0 aliphatic heterocycles. The van der Waals surface area contributed by atoms with Crippen molar-refractivity contribution in [3.8, 4) is 0 Å². The first-order valence-electron chi connectivity index (χ1n) is 4.61. The Morgan fingerprint density at radius 1 is 1.50 bits per heavy atom. The molecule has 5 nitrogen and oxygen atoms in total. The van der Waals surface area contributed by atoms with Crippen LogP contribution in [0.1, 0.15) is 33.1 Å². The maximum absolute atomic E-state index is 11.1. The first kappa shape index (κ1) is 18.5. The third-order valence-corrected chi connectivity index (χ3v) is 2.71. The monoisotopic (exact) mass is 260 g/mol. The van der Waals surface area contributed by atoms with Gasteiger partial charge in [0.15, 0.2) is 0 Å². The van der Waals surface area contributed by atoms with Gasteiger partial charge < -0.3 is 4.74 Å². The van der Waals surface area contributed by atoms with E-state index in [0.717, 1.165) is 6.42 Å². The Hall–Kier alpha value is 0.120. The molecule has 0 fully saturated rings. The minimum absolute atomic E-state index is 0. The standard InChI is InChI=1S/C9H16O5S.Na.H/c1-4-5-6-8(15(11,12)13)14-9(10)7(2)3;;/h8H,2,4-6H2,1,3H3,(H,11,12,13);;. The molecule has 0 aromatic carbocycles. The van der Waals surface area contributed by atoms with Crippen LogP contribution in [-0.2, 0) is 19.6 Å². The second-order valence-electron chi connectivity index (χ2n) is 3.27. The molecule has 0 heterocycles. The van der Waals surface area contributed by atoms with Gasteiger partial charge in [-0.3, -0.25) is 4.55 Å². The van der Waals surface area contributed by atoms with Crippen molar-refractivity contribution in [3.05, 3.63) is 12.2 Å². The average molecular weight is 260 g/mol. The fraction of sp³-hybridized carbons (Fsp3) is 0.667. The molecule has 0 amide bonds. The molecule has 0 radical (unpaired) electrons. The molecule has 0 saturated heterocycles. The topological polar surface area (TPSA) is 80.7 Å². The van der Waals surface area contributed by atoms with Gasteiger partial charge in [0, 0.05) is 12.0 Å². The number of esters is 1. The van der Waals surface area contributed by atoms with E-state index in [1.165, 1.54) is 6.92 Å². The predicted octanol–water partition coefficient (Wildman–Crippen LogP) is 0.861. The molecule has 90 valence electrons. The molecule has 0 aliphatic rings. The molecule has 1 atom stereocenters. The molecule has 1 unspecified atom stereocenters. The maximum atomic E-state index is 11.1. The van der Waals surface area contributed by atoms with Crippen LogP contribution < -0.4 is 0 Å². The first-order valence-corrected chi connectivity index (χ1v) is 6.12. The summed E-state index contributed by atoms with van der Waals surface area (Å²) in [6.07, 6.45) is 1.39. The SMILES string of the molecule is C=C(C)C(=O)OC(CCCC)S(=O)(=O)O.[NaH]. The molecule has 0 bridgehead atoms. The normalized spacial score (nSPS) is 12.4. The van der Waals surface area contributed by atoms with Crippen LogP contribution in [0.25, 0.3) is 0 Å². The number of ether oxygens (including phenoxy) is 1. The van der Waals surface area contributed by atoms with Crippen molar-refractivity contribution in [1.29, 1.82) is 0 Å². The molecule has 16 heavy (non-hydrogen) atoms. The van der Waals surface area contributed by atoms with E-state index >= 15 is 0 Å². The fourth-order valence-electron chi connectivity index (χ4n) is 0.859. The van der Waals surface area contributed by atoms with Crippen molar-refractivity contribution in [2.75, 3.05) is 0 Å². The van der Waals surface area contributed by atoms with Gasteiger partial charge >= 0.3 is 45.6 Å². The molecule has 0 spiro atoms. The van der Waals surface area contributed by atoms with Crippen LogP contribution in [0.2, 0.25) is 0 Å².